The second kappa shape index (κ2) is 9.08. The van der Waals surface area contributed by atoms with Gasteiger partial charge in [0, 0.05) is 5.56 Å². The Bertz CT molecular complexity index is 1070. The van der Waals surface area contributed by atoms with Crippen LogP contribution in [0.5, 0.6) is 0 Å². The highest BCUT2D eigenvalue weighted by Crippen LogP contribution is 2.22. The van der Waals surface area contributed by atoms with Gasteiger partial charge in [0.1, 0.15) is 5.84 Å². The molecule has 0 fully saturated rings. The van der Waals surface area contributed by atoms with Gasteiger partial charge in [-0.1, -0.05) is 42.5 Å². The van der Waals surface area contributed by atoms with Gasteiger partial charge in [-0.3, -0.25) is 19.3 Å². The fraction of sp³-hybridized carbons (Fsp3) is 0.286. The number of amides is 1. The van der Waals surface area contributed by atoms with E-state index >= 15 is 0 Å². The van der Waals surface area contributed by atoms with E-state index < -0.39 is 28.0 Å². The molecule has 1 aliphatic heterocycles. The molecule has 1 amide bonds. The first kappa shape index (κ1) is 21.5. The third-order valence-corrected chi connectivity index (χ3v) is 5.98. The average molecular weight is 429 g/mol. The Morgan fingerprint density at radius 2 is 1.73 bits per heavy atom. The fourth-order valence-electron chi connectivity index (χ4n) is 2.98. The lowest BCUT2D eigenvalue weighted by atomic mass is 10.1. The third-order valence-electron chi connectivity index (χ3n) is 4.58. The molecule has 0 spiro atoms. The number of sulfonamides is 1. The van der Waals surface area contributed by atoms with E-state index in [-0.39, 0.29) is 29.7 Å². The van der Waals surface area contributed by atoms with E-state index in [1.54, 1.807) is 18.2 Å². The number of rotatable bonds is 7. The van der Waals surface area contributed by atoms with Crippen LogP contribution >= 0.6 is 0 Å². The summed E-state index contributed by atoms with van der Waals surface area (Å²) in [6.07, 6.45) is -1.04. The molecular formula is C21H23N3O5S. The van der Waals surface area contributed by atoms with Crippen molar-refractivity contribution in [3.63, 3.8) is 0 Å². The van der Waals surface area contributed by atoms with Gasteiger partial charge in [-0.2, -0.15) is 0 Å². The number of esters is 1. The summed E-state index contributed by atoms with van der Waals surface area (Å²) in [5, 5.41) is 2.80. The predicted molar refractivity (Wildman–Crippen MR) is 111 cm³/mol. The van der Waals surface area contributed by atoms with Crippen LogP contribution < -0.4 is 10.0 Å². The molecule has 2 aromatic rings. The SMILES string of the molecule is C[C@H](OC(=O)CCN=C1NS(=O)(=O)c2ccccc21)C(=O)N[C@@H](C)c1ccccc1. The molecule has 0 aromatic heterocycles. The van der Waals surface area contributed by atoms with Gasteiger partial charge in [0.25, 0.3) is 15.9 Å². The molecule has 0 saturated heterocycles. The summed E-state index contributed by atoms with van der Waals surface area (Å²) in [6, 6.07) is 15.7. The Hall–Kier alpha value is -3.20. The Balaban J connectivity index is 1.50. The quantitative estimate of drug-likeness (QED) is 0.653. The average Bonchev–Trinajstić information content (AvgIpc) is 2.99. The lowest BCUT2D eigenvalue weighted by molar-refractivity contribution is -0.154. The minimum atomic E-state index is -3.62. The van der Waals surface area contributed by atoms with Crippen molar-refractivity contribution < 1.29 is 22.7 Å². The number of carbonyl (C=O) groups is 2. The van der Waals surface area contributed by atoms with Crippen molar-refractivity contribution >= 4 is 27.7 Å². The zero-order valence-electron chi connectivity index (χ0n) is 16.7. The van der Waals surface area contributed by atoms with Crippen LogP contribution in [-0.4, -0.2) is 38.8 Å². The maximum atomic E-state index is 12.3. The molecule has 9 heteroatoms. The first-order valence-corrected chi connectivity index (χ1v) is 11.0. The molecule has 8 nitrogen and oxygen atoms in total. The zero-order chi connectivity index (χ0) is 21.7. The number of aliphatic imine (C=N–C) groups is 1. The molecule has 1 aliphatic rings. The molecule has 0 saturated carbocycles. The van der Waals surface area contributed by atoms with E-state index in [0.29, 0.717) is 5.56 Å². The van der Waals surface area contributed by atoms with E-state index in [1.807, 2.05) is 37.3 Å². The van der Waals surface area contributed by atoms with E-state index in [0.717, 1.165) is 5.56 Å². The van der Waals surface area contributed by atoms with Gasteiger partial charge in [0.2, 0.25) is 0 Å². The highest BCUT2D eigenvalue weighted by atomic mass is 32.2. The van der Waals surface area contributed by atoms with Gasteiger partial charge in [-0.05, 0) is 31.5 Å². The van der Waals surface area contributed by atoms with Crippen molar-refractivity contribution in [3.05, 3.63) is 65.7 Å². The second-order valence-electron chi connectivity index (χ2n) is 6.86. The van der Waals surface area contributed by atoms with Gasteiger partial charge in [-0.25, -0.2) is 8.42 Å². The summed E-state index contributed by atoms with van der Waals surface area (Å²) in [5.74, 6) is -0.798. The highest BCUT2D eigenvalue weighted by Gasteiger charge is 2.30. The summed E-state index contributed by atoms with van der Waals surface area (Å²) in [4.78, 5) is 28.6. The topological polar surface area (TPSA) is 114 Å². The van der Waals surface area contributed by atoms with Gasteiger partial charge < -0.3 is 10.1 Å². The van der Waals surface area contributed by atoms with Crippen LogP contribution in [0.3, 0.4) is 0 Å². The van der Waals surface area contributed by atoms with Crippen molar-refractivity contribution in [2.24, 2.45) is 4.99 Å². The van der Waals surface area contributed by atoms with Crippen molar-refractivity contribution in [2.75, 3.05) is 6.54 Å². The van der Waals surface area contributed by atoms with Crippen LogP contribution in [-0.2, 0) is 24.3 Å². The summed E-state index contributed by atoms with van der Waals surface area (Å²) in [6.45, 7) is 3.37. The number of carbonyl (C=O) groups excluding carboxylic acids is 2. The van der Waals surface area contributed by atoms with Gasteiger partial charge in [-0.15, -0.1) is 0 Å². The zero-order valence-corrected chi connectivity index (χ0v) is 17.5. The number of nitrogens with zero attached hydrogens (tertiary/aromatic N) is 1. The smallest absolute Gasteiger partial charge is 0.308 e. The summed E-state index contributed by atoms with van der Waals surface area (Å²) in [7, 11) is -3.62. The molecule has 2 atom stereocenters. The predicted octanol–water partition coefficient (Wildman–Crippen LogP) is 1.92. The minimum absolute atomic E-state index is 0.0276. The van der Waals surface area contributed by atoms with E-state index in [1.165, 1.54) is 13.0 Å². The molecule has 0 unspecified atom stereocenters. The first-order chi connectivity index (χ1) is 14.3. The van der Waals surface area contributed by atoms with Crippen LogP contribution in [0, 0.1) is 0 Å². The number of hydrogen-bond acceptors (Lipinski definition) is 6. The third kappa shape index (κ3) is 5.04. The maximum absolute atomic E-state index is 12.3. The van der Waals surface area contributed by atoms with Crippen LogP contribution in [0.2, 0.25) is 0 Å². The molecule has 0 radical (unpaired) electrons. The van der Waals surface area contributed by atoms with Crippen LogP contribution in [0.15, 0.2) is 64.5 Å². The van der Waals surface area contributed by atoms with E-state index in [9.17, 15) is 18.0 Å². The number of amidine groups is 1. The summed E-state index contributed by atoms with van der Waals surface area (Å²) >= 11 is 0. The summed E-state index contributed by atoms with van der Waals surface area (Å²) in [5.41, 5.74) is 1.41. The van der Waals surface area contributed by atoms with E-state index in [2.05, 4.69) is 15.0 Å². The van der Waals surface area contributed by atoms with Crippen molar-refractivity contribution in [1.82, 2.24) is 10.0 Å². The van der Waals surface area contributed by atoms with Crippen LogP contribution in [0.25, 0.3) is 0 Å². The molecule has 3 rings (SSSR count). The fourth-order valence-corrected chi connectivity index (χ4v) is 4.23. The standard InChI is InChI=1S/C21H23N3O5S/c1-14(16-8-4-3-5-9-16)23-21(26)15(2)29-19(25)12-13-22-20-17-10-6-7-11-18(17)30(27,28)24-20/h3-11,14-15H,12-13H2,1-2H3,(H,22,24)(H,23,26)/t14-,15-/m0/s1. The Kier molecular flexibility index (Phi) is 6.51. The van der Waals surface area contributed by atoms with Gasteiger partial charge >= 0.3 is 5.97 Å². The second-order valence-corrected chi connectivity index (χ2v) is 8.51. The highest BCUT2D eigenvalue weighted by molar-refractivity contribution is 7.90. The molecule has 30 heavy (non-hydrogen) atoms. The normalized spacial score (nSPS) is 17.5. The van der Waals surface area contributed by atoms with Gasteiger partial charge in [0.15, 0.2) is 6.10 Å². The Labute approximate surface area is 175 Å². The molecular weight excluding hydrogens is 406 g/mol. The largest absolute Gasteiger partial charge is 0.452 e. The maximum Gasteiger partial charge on any atom is 0.308 e. The number of fused-ring (bicyclic) bond motifs is 1. The Morgan fingerprint density at radius 3 is 2.47 bits per heavy atom. The van der Waals surface area contributed by atoms with Crippen molar-refractivity contribution in [2.45, 2.75) is 37.3 Å². The first-order valence-electron chi connectivity index (χ1n) is 9.49. The minimum Gasteiger partial charge on any atom is -0.452 e. The van der Waals surface area contributed by atoms with E-state index in [4.69, 9.17) is 4.74 Å². The molecule has 2 N–H and O–H groups in total. The molecule has 1 heterocycles. The van der Waals surface area contributed by atoms with Crippen LogP contribution in [0.4, 0.5) is 0 Å². The van der Waals surface area contributed by atoms with Gasteiger partial charge in [0.05, 0.1) is 23.9 Å². The number of hydrogen-bond donors (Lipinski definition) is 2. The van der Waals surface area contributed by atoms with Crippen LogP contribution in [0.1, 0.15) is 37.4 Å². The molecule has 2 aromatic carbocycles. The lowest BCUT2D eigenvalue weighted by Gasteiger charge is -2.18. The summed E-state index contributed by atoms with van der Waals surface area (Å²) < 4.78 is 31.6. The molecule has 0 bridgehead atoms. The van der Waals surface area contributed by atoms with Crippen molar-refractivity contribution in [1.29, 1.82) is 0 Å². The molecule has 158 valence electrons. The Morgan fingerprint density at radius 1 is 1.07 bits per heavy atom. The molecule has 0 aliphatic carbocycles. The van der Waals surface area contributed by atoms with Crippen molar-refractivity contribution in [3.8, 4) is 0 Å². The number of nitrogens with one attached hydrogen (secondary N) is 2. The lowest BCUT2D eigenvalue weighted by Crippen LogP contribution is -2.37. The number of ether oxygens (including phenoxy) is 1. The number of benzene rings is 2. The monoisotopic (exact) mass is 429 g/mol.